The number of carbonyl (C=O) groups is 1. The number of aryl methyl sites for hydroxylation is 1. The summed E-state index contributed by atoms with van der Waals surface area (Å²) in [6, 6.07) is 2.20. The van der Waals surface area contributed by atoms with E-state index in [0.29, 0.717) is 11.8 Å². The van der Waals surface area contributed by atoms with Crippen LogP contribution in [0, 0.1) is 5.92 Å². The van der Waals surface area contributed by atoms with Crippen molar-refractivity contribution in [2.75, 3.05) is 6.54 Å². The fourth-order valence-corrected chi connectivity index (χ4v) is 4.62. The molecule has 1 amide bonds. The Morgan fingerprint density at radius 3 is 2.93 bits per heavy atom. The van der Waals surface area contributed by atoms with Crippen molar-refractivity contribution in [2.24, 2.45) is 13.0 Å². The molecule has 8 nitrogen and oxygen atoms in total. The Bertz CT molecular complexity index is 1040. The first-order valence-electron chi connectivity index (χ1n) is 9.24. The summed E-state index contributed by atoms with van der Waals surface area (Å²) in [4.78, 5) is 18.6. The molecular weight excluding hydrogens is 344 g/mol. The molecule has 3 aromatic heterocycles. The molecule has 4 heterocycles. The van der Waals surface area contributed by atoms with E-state index in [0.717, 1.165) is 36.2 Å². The van der Waals surface area contributed by atoms with Crippen molar-refractivity contribution >= 4 is 11.4 Å². The number of nitrogens with zero attached hydrogens (tertiary/aromatic N) is 6. The van der Waals surface area contributed by atoms with Crippen LogP contribution in [0.25, 0.3) is 16.8 Å². The molecule has 1 aliphatic carbocycles. The van der Waals surface area contributed by atoms with E-state index >= 15 is 0 Å². The number of amides is 1. The van der Waals surface area contributed by atoms with E-state index in [2.05, 4.69) is 17.1 Å². The predicted octanol–water partition coefficient (Wildman–Crippen LogP) is 1.91. The molecule has 1 aliphatic heterocycles. The van der Waals surface area contributed by atoms with Gasteiger partial charge in [-0.2, -0.15) is 10.2 Å². The Labute approximate surface area is 156 Å². The molecule has 3 aromatic rings. The Kier molecular flexibility index (Phi) is 3.35. The third-order valence-corrected chi connectivity index (χ3v) is 6.04. The minimum Gasteiger partial charge on any atom is -0.469 e. The number of likely N-dealkylation sites (tertiary alicyclic amines) is 1. The van der Waals surface area contributed by atoms with Crippen LogP contribution in [0.1, 0.15) is 26.7 Å². The highest BCUT2D eigenvalue weighted by Gasteiger charge is 2.58. The summed E-state index contributed by atoms with van der Waals surface area (Å²) in [6.07, 6.45) is 9.14. The van der Waals surface area contributed by atoms with Crippen LogP contribution in [-0.4, -0.2) is 53.4 Å². The molecule has 0 N–H and O–H groups in total. The number of aromatic nitrogens is 5. The third kappa shape index (κ3) is 2.43. The zero-order chi connectivity index (χ0) is 18.8. The molecule has 27 heavy (non-hydrogen) atoms. The highest BCUT2D eigenvalue weighted by Crippen LogP contribution is 2.50. The first-order valence-corrected chi connectivity index (χ1v) is 9.24. The first kappa shape index (κ1) is 16.3. The van der Waals surface area contributed by atoms with Gasteiger partial charge < -0.3 is 9.64 Å². The van der Waals surface area contributed by atoms with Gasteiger partial charge in [-0.25, -0.2) is 9.50 Å². The summed E-state index contributed by atoms with van der Waals surface area (Å²) < 4.78 is 10.0. The fourth-order valence-electron chi connectivity index (χ4n) is 4.62. The molecule has 2 fully saturated rings. The van der Waals surface area contributed by atoms with E-state index in [1.54, 1.807) is 28.5 Å². The second-order valence-electron chi connectivity index (χ2n) is 7.79. The van der Waals surface area contributed by atoms with Gasteiger partial charge in [0.05, 0.1) is 24.3 Å². The molecule has 3 atom stereocenters. The lowest BCUT2D eigenvalue weighted by Gasteiger charge is -2.51. The Hall–Kier alpha value is -2.90. The van der Waals surface area contributed by atoms with E-state index in [1.165, 1.54) is 0 Å². The summed E-state index contributed by atoms with van der Waals surface area (Å²) in [6.45, 7) is 4.59. The molecular formula is C19H22N6O2. The Balaban J connectivity index is 1.49. The van der Waals surface area contributed by atoms with E-state index < -0.39 is 0 Å². The van der Waals surface area contributed by atoms with Crippen molar-refractivity contribution in [3.63, 3.8) is 0 Å². The van der Waals surface area contributed by atoms with E-state index in [9.17, 15) is 4.79 Å². The number of carbonyl (C=O) groups excluding carboxylic acids is 1. The minimum atomic E-state index is -0.319. The molecule has 1 saturated carbocycles. The topological polar surface area (TPSA) is 77.6 Å². The van der Waals surface area contributed by atoms with Crippen molar-refractivity contribution < 1.29 is 9.53 Å². The molecule has 0 radical (unpaired) electrons. The van der Waals surface area contributed by atoms with Gasteiger partial charge in [-0.1, -0.05) is 0 Å². The number of rotatable bonds is 3. The van der Waals surface area contributed by atoms with Gasteiger partial charge in [0.2, 0.25) is 11.8 Å². The zero-order valence-electron chi connectivity index (χ0n) is 15.7. The zero-order valence-corrected chi connectivity index (χ0v) is 15.7. The highest BCUT2D eigenvalue weighted by atomic mass is 16.5. The molecule has 0 spiro atoms. The lowest BCUT2D eigenvalue weighted by atomic mass is 9.66. The number of hydrogen-bond acceptors (Lipinski definition) is 5. The molecule has 2 aliphatic rings. The summed E-state index contributed by atoms with van der Waals surface area (Å²) in [5.41, 5.74) is 2.21. The van der Waals surface area contributed by atoms with Crippen molar-refractivity contribution in [1.82, 2.24) is 29.3 Å². The lowest BCUT2D eigenvalue weighted by molar-refractivity contribution is -0.139. The van der Waals surface area contributed by atoms with Crippen molar-refractivity contribution in [3.05, 3.63) is 30.9 Å². The van der Waals surface area contributed by atoms with E-state index in [1.807, 2.05) is 30.4 Å². The smallest absolute Gasteiger partial charge is 0.241 e. The quantitative estimate of drug-likeness (QED) is 0.708. The molecule has 3 unspecified atom stereocenters. The Morgan fingerprint density at radius 2 is 2.19 bits per heavy atom. The van der Waals surface area contributed by atoms with Gasteiger partial charge in [0, 0.05) is 50.7 Å². The van der Waals surface area contributed by atoms with Crippen LogP contribution >= 0.6 is 0 Å². The third-order valence-electron chi connectivity index (χ3n) is 6.04. The minimum absolute atomic E-state index is 0.152. The largest absolute Gasteiger partial charge is 0.469 e. The maximum atomic E-state index is 11.8. The van der Waals surface area contributed by atoms with E-state index in [-0.39, 0.29) is 17.6 Å². The lowest BCUT2D eigenvalue weighted by Crippen LogP contribution is -2.61. The van der Waals surface area contributed by atoms with E-state index in [4.69, 9.17) is 9.72 Å². The standard InChI is InChI=1S/C19H22N6O2/c1-12(26)24-7-5-14-17(24)8-19(14,2)27-18-16-4-6-20-25(16)11-15(22-18)13-9-21-23(3)10-13/h4,6,9-11,14,17H,5,7-8H2,1-3H3. The second-order valence-corrected chi connectivity index (χ2v) is 7.79. The SMILES string of the molecule is CC(=O)N1CCC2C1CC2(C)Oc1nc(-c2cnn(C)c2)cn2nccc12. The Morgan fingerprint density at radius 1 is 1.33 bits per heavy atom. The molecule has 1 saturated heterocycles. The van der Waals surface area contributed by atoms with Gasteiger partial charge in [-0.3, -0.25) is 9.48 Å². The van der Waals surface area contributed by atoms with Crippen LogP contribution in [0.15, 0.2) is 30.9 Å². The summed E-state index contributed by atoms with van der Waals surface area (Å²) in [7, 11) is 1.88. The van der Waals surface area contributed by atoms with Gasteiger partial charge in [0.25, 0.3) is 0 Å². The molecule has 0 bridgehead atoms. The van der Waals surface area contributed by atoms with Crippen LogP contribution < -0.4 is 4.74 Å². The second kappa shape index (κ2) is 5.55. The average Bonchev–Trinajstić information content (AvgIpc) is 3.32. The summed E-state index contributed by atoms with van der Waals surface area (Å²) >= 11 is 0. The first-order chi connectivity index (χ1) is 12.9. The molecule has 5 rings (SSSR count). The maximum Gasteiger partial charge on any atom is 0.241 e. The highest BCUT2D eigenvalue weighted by molar-refractivity contribution is 5.74. The molecule has 8 heteroatoms. The summed E-state index contributed by atoms with van der Waals surface area (Å²) in [5.74, 6) is 1.07. The van der Waals surface area contributed by atoms with Crippen LogP contribution in [0.3, 0.4) is 0 Å². The van der Waals surface area contributed by atoms with Crippen molar-refractivity contribution in [1.29, 1.82) is 0 Å². The normalized spacial score (nSPS) is 26.9. The van der Waals surface area contributed by atoms with Gasteiger partial charge in [0.1, 0.15) is 11.1 Å². The van der Waals surface area contributed by atoms with Crippen LogP contribution in [0.2, 0.25) is 0 Å². The average molecular weight is 366 g/mol. The van der Waals surface area contributed by atoms with Gasteiger partial charge in [0.15, 0.2) is 0 Å². The van der Waals surface area contributed by atoms with Gasteiger partial charge >= 0.3 is 0 Å². The van der Waals surface area contributed by atoms with Crippen molar-refractivity contribution in [3.8, 4) is 17.1 Å². The van der Waals surface area contributed by atoms with Crippen LogP contribution in [0.5, 0.6) is 5.88 Å². The summed E-state index contributed by atoms with van der Waals surface area (Å²) in [5, 5.41) is 8.59. The number of ether oxygens (including phenoxy) is 1. The fraction of sp³-hybridized carbons (Fsp3) is 0.474. The monoisotopic (exact) mass is 366 g/mol. The maximum absolute atomic E-state index is 11.8. The van der Waals surface area contributed by atoms with Gasteiger partial charge in [-0.05, 0) is 19.4 Å². The number of fused-ring (bicyclic) bond motifs is 2. The predicted molar refractivity (Wildman–Crippen MR) is 98.1 cm³/mol. The van der Waals surface area contributed by atoms with Crippen LogP contribution in [0.4, 0.5) is 0 Å². The molecule has 0 aromatic carbocycles. The van der Waals surface area contributed by atoms with Crippen molar-refractivity contribution in [2.45, 2.75) is 38.3 Å². The van der Waals surface area contributed by atoms with Gasteiger partial charge in [-0.15, -0.1) is 0 Å². The molecule has 140 valence electrons. The number of hydrogen-bond donors (Lipinski definition) is 0. The van der Waals surface area contributed by atoms with Crippen LogP contribution in [-0.2, 0) is 11.8 Å².